The number of imidazole rings is 1. The van der Waals surface area contributed by atoms with Gasteiger partial charge in [0.1, 0.15) is 10.7 Å². The minimum atomic E-state index is -2.70. The highest BCUT2D eigenvalue weighted by molar-refractivity contribution is 14.2. The van der Waals surface area contributed by atoms with E-state index < -0.39 is 6.43 Å². The Morgan fingerprint density at radius 3 is 2.70 bits per heavy atom. The first-order valence-electron chi connectivity index (χ1n) is 10.1. The molecular formula is C21H19ClF2IN6PS. The fourth-order valence-electron chi connectivity index (χ4n) is 3.86. The maximum absolute atomic E-state index is 13.6. The molecule has 4 aromatic rings. The molecular weight excluding hydrogens is 600 g/mol. The monoisotopic (exact) mass is 618 g/mol. The molecule has 1 N–H and O–H groups in total. The molecule has 3 aromatic heterocycles. The normalized spacial score (nSPS) is 14.3. The van der Waals surface area contributed by atoms with E-state index in [4.69, 9.17) is 11.6 Å². The number of anilines is 2. The first-order valence-corrected chi connectivity index (χ1v) is 15.8. The molecule has 1 aliphatic carbocycles. The van der Waals surface area contributed by atoms with E-state index in [9.17, 15) is 8.78 Å². The Labute approximate surface area is 213 Å². The fourth-order valence-corrected chi connectivity index (χ4v) is 6.53. The Balaban J connectivity index is 1.54. The van der Waals surface area contributed by atoms with Crippen LogP contribution in [0.3, 0.4) is 0 Å². The molecule has 0 bridgehead atoms. The van der Waals surface area contributed by atoms with Gasteiger partial charge in [-0.05, 0) is 65.8 Å². The zero-order chi connectivity index (χ0) is 23.3. The molecule has 172 valence electrons. The molecule has 1 fully saturated rings. The van der Waals surface area contributed by atoms with E-state index in [1.54, 1.807) is 17.8 Å². The summed E-state index contributed by atoms with van der Waals surface area (Å²) in [6, 6.07) is 8.29. The van der Waals surface area contributed by atoms with Crippen LogP contribution in [0.4, 0.5) is 20.2 Å². The number of nitrogens with zero attached hydrogens (tertiary/aromatic N) is 5. The Hall–Kier alpha value is -1.49. The number of hydrogen-bond donors (Lipinski definition) is 1. The lowest BCUT2D eigenvalue weighted by Gasteiger charge is -2.13. The molecule has 0 spiro atoms. The Morgan fingerprint density at radius 2 is 2.03 bits per heavy atom. The zero-order valence-corrected chi connectivity index (χ0v) is 22.3. The van der Waals surface area contributed by atoms with Crippen molar-refractivity contribution in [1.29, 1.82) is 0 Å². The fraction of sp³-hybridized carbons (Fsp3) is 0.286. The summed E-state index contributed by atoms with van der Waals surface area (Å²) in [7, 11) is 0. The summed E-state index contributed by atoms with van der Waals surface area (Å²) in [6.45, 7) is 2.10. The second kappa shape index (κ2) is 9.28. The van der Waals surface area contributed by atoms with Crippen molar-refractivity contribution in [3.05, 3.63) is 47.1 Å². The topological polar surface area (TPSA) is 60.6 Å². The molecule has 6 nitrogen and oxygen atoms in total. The maximum atomic E-state index is 13.6. The van der Waals surface area contributed by atoms with Crippen LogP contribution in [0, 0.1) is 6.92 Å². The van der Waals surface area contributed by atoms with Gasteiger partial charge >= 0.3 is 0 Å². The van der Waals surface area contributed by atoms with Crippen molar-refractivity contribution in [2.75, 3.05) is 11.6 Å². The summed E-state index contributed by atoms with van der Waals surface area (Å²) in [5, 5.41) is 8.14. The van der Waals surface area contributed by atoms with Gasteiger partial charge in [-0.3, -0.25) is 9.02 Å². The molecule has 0 saturated heterocycles. The average molecular weight is 619 g/mol. The molecule has 0 aliphatic heterocycles. The minimum absolute atomic E-state index is 0.0268. The smallest absolute Gasteiger partial charge is 0.295 e. The van der Waals surface area contributed by atoms with Crippen LogP contribution >= 0.6 is 51.8 Å². The van der Waals surface area contributed by atoms with Crippen molar-refractivity contribution < 1.29 is 8.78 Å². The van der Waals surface area contributed by atoms with E-state index in [1.807, 2.05) is 46.6 Å². The van der Waals surface area contributed by atoms with E-state index in [0.717, 1.165) is 27.4 Å². The quantitative estimate of drug-likeness (QED) is 0.0992. The van der Waals surface area contributed by atoms with Gasteiger partial charge in [-0.2, -0.15) is 5.10 Å². The van der Waals surface area contributed by atoms with Crippen molar-refractivity contribution >= 4 is 74.3 Å². The lowest BCUT2D eigenvalue weighted by atomic mass is 10.1. The maximum Gasteiger partial charge on any atom is 0.295 e. The number of thioether (sulfide) groups is 1. The molecule has 33 heavy (non-hydrogen) atoms. The molecule has 5 rings (SSSR count). The molecule has 1 saturated carbocycles. The van der Waals surface area contributed by atoms with Crippen LogP contribution in [0.25, 0.3) is 22.3 Å². The number of alkyl halides is 2. The highest BCUT2D eigenvalue weighted by Crippen LogP contribution is 2.41. The lowest BCUT2D eigenvalue weighted by molar-refractivity contribution is 0.140. The number of hydrogen-bond acceptors (Lipinski definition) is 5. The number of benzene rings is 1. The van der Waals surface area contributed by atoms with Gasteiger partial charge in [0.25, 0.3) is 6.43 Å². The number of nitrogens with one attached hydrogen (secondary N) is 1. The van der Waals surface area contributed by atoms with Crippen molar-refractivity contribution in [2.45, 2.75) is 37.1 Å². The first-order chi connectivity index (χ1) is 15.9. The first kappa shape index (κ1) is 23.3. The van der Waals surface area contributed by atoms with Gasteiger partial charge in [-0.1, -0.05) is 17.7 Å². The van der Waals surface area contributed by atoms with Gasteiger partial charge in [-0.25, -0.2) is 18.7 Å². The van der Waals surface area contributed by atoms with Crippen LogP contribution in [0.5, 0.6) is 0 Å². The highest BCUT2D eigenvalue weighted by atomic mass is 127. The number of pyridine rings is 1. The van der Waals surface area contributed by atoms with E-state index in [2.05, 4.69) is 38.1 Å². The van der Waals surface area contributed by atoms with Crippen molar-refractivity contribution in [3.8, 4) is 11.1 Å². The van der Waals surface area contributed by atoms with Gasteiger partial charge in [0.05, 0.1) is 30.0 Å². The Kier molecular flexibility index (Phi) is 6.54. The predicted octanol–water partition coefficient (Wildman–Crippen LogP) is 7.79. The summed E-state index contributed by atoms with van der Waals surface area (Å²) in [5.41, 5.74) is 5.46. The van der Waals surface area contributed by atoms with Crippen LogP contribution in [0.1, 0.15) is 36.8 Å². The van der Waals surface area contributed by atoms with Gasteiger partial charge in [0, 0.05) is 22.2 Å². The minimum Gasteiger partial charge on any atom is -0.353 e. The molecule has 3 heterocycles. The Morgan fingerprint density at radius 1 is 1.24 bits per heavy atom. The standard InChI is InChI=1S/C21H19ClF2IN6PS/c1-10-13(9-26-30(10)12-4-5-12)11-3-6-14(16(7-11)33-2)27-15-8-17(22)28-20-18(15)29-21(19(23)24)31(20)32-25/h3,6-9,12,19,32H,4-5H2,1-2H3,(H,27,28). The number of aromatic nitrogens is 5. The molecule has 1 atom stereocenters. The summed E-state index contributed by atoms with van der Waals surface area (Å²) >= 11 is 9.88. The summed E-state index contributed by atoms with van der Waals surface area (Å²) in [6.07, 6.45) is 3.62. The number of halogens is 4. The van der Waals surface area contributed by atoms with Gasteiger partial charge in [0.2, 0.25) is 0 Å². The van der Waals surface area contributed by atoms with E-state index >= 15 is 0 Å². The zero-order valence-electron chi connectivity index (χ0n) is 17.6. The summed E-state index contributed by atoms with van der Waals surface area (Å²) in [4.78, 5) is 9.46. The highest BCUT2D eigenvalue weighted by Gasteiger charge is 2.27. The molecule has 0 amide bonds. The largest absolute Gasteiger partial charge is 0.353 e. The van der Waals surface area contributed by atoms with Gasteiger partial charge in [0.15, 0.2) is 11.5 Å². The van der Waals surface area contributed by atoms with Crippen LogP contribution in [-0.2, 0) is 0 Å². The molecule has 1 unspecified atom stereocenters. The van der Waals surface area contributed by atoms with Crippen molar-refractivity contribution in [1.82, 2.24) is 24.1 Å². The SMILES string of the molecule is CSc1cc(-c2cnn(C3CC3)c2C)ccc1Nc1cc(Cl)nc2c1nc(C(F)F)n2PI. The van der Waals surface area contributed by atoms with E-state index in [0.29, 0.717) is 22.9 Å². The average Bonchev–Trinajstić information content (AvgIpc) is 3.46. The molecule has 1 aromatic carbocycles. The van der Waals surface area contributed by atoms with Crippen LogP contribution in [-0.4, -0.2) is 30.3 Å². The van der Waals surface area contributed by atoms with Crippen molar-refractivity contribution in [2.24, 2.45) is 0 Å². The summed E-state index contributed by atoms with van der Waals surface area (Å²) < 4.78 is 30.6. The van der Waals surface area contributed by atoms with Gasteiger partial charge < -0.3 is 5.32 Å². The molecule has 12 heteroatoms. The van der Waals surface area contributed by atoms with Gasteiger partial charge in [-0.15, -0.1) is 11.8 Å². The third-order valence-corrected chi connectivity index (χ3v) is 8.64. The second-order valence-corrected chi connectivity index (χ2v) is 11.0. The Bertz CT molecular complexity index is 1360. The third kappa shape index (κ3) is 4.35. The third-order valence-electron chi connectivity index (χ3n) is 5.61. The lowest BCUT2D eigenvalue weighted by Crippen LogP contribution is -1.98. The van der Waals surface area contributed by atoms with E-state index in [1.165, 1.54) is 17.2 Å². The van der Waals surface area contributed by atoms with Crippen LogP contribution in [0.15, 0.2) is 35.4 Å². The summed E-state index contributed by atoms with van der Waals surface area (Å²) in [5.74, 6) is -0.306. The van der Waals surface area contributed by atoms with Crippen molar-refractivity contribution in [3.63, 3.8) is 0 Å². The van der Waals surface area contributed by atoms with E-state index in [-0.39, 0.29) is 17.4 Å². The molecule has 0 radical (unpaired) electrons. The predicted molar refractivity (Wildman–Crippen MR) is 141 cm³/mol. The second-order valence-electron chi connectivity index (χ2n) is 7.71. The van der Waals surface area contributed by atoms with Crippen LogP contribution < -0.4 is 5.32 Å². The molecule has 1 aliphatic rings. The number of rotatable bonds is 7. The van der Waals surface area contributed by atoms with Crippen LogP contribution in [0.2, 0.25) is 5.15 Å². The number of fused-ring (bicyclic) bond motifs is 1.